The lowest BCUT2D eigenvalue weighted by molar-refractivity contribution is -0.120. The molecule has 210 valence electrons. The van der Waals surface area contributed by atoms with Crippen LogP contribution in [0.3, 0.4) is 0 Å². The highest BCUT2D eigenvalue weighted by atomic mass is 35.5. The predicted molar refractivity (Wildman–Crippen MR) is 156 cm³/mol. The molecule has 0 saturated heterocycles. The molecule has 0 fully saturated rings. The highest BCUT2D eigenvalue weighted by molar-refractivity contribution is 7.92. The van der Waals surface area contributed by atoms with Crippen LogP contribution < -0.4 is 15.4 Å². The number of aliphatic hydroxyl groups excluding tert-OH is 1. The maximum absolute atomic E-state index is 12.5. The fourth-order valence-electron chi connectivity index (χ4n) is 4.12. The number of anilines is 1. The van der Waals surface area contributed by atoms with Gasteiger partial charge in [0.15, 0.2) is 0 Å². The van der Waals surface area contributed by atoms with Crippen molar-refractivity contribution in [2.24, 2.45) is 0 Å². The van der Waals surface area contributed by atoms with Crippen molar-refractivity contribution in [2.75, 3.05) is 17.5 Å². The van der Waals surface area contributed by atoms with Crippen molar-refractivity contribution in [1.29, 1.82) is 0 Å². The number of carbonyl (C=O) groups is 1. The van der Waals surface area contributed by atoms with Crippen LogP contribution in [0.2, 0.25) is 10.0 Å². The molecule has 39 heavy (non-hydrogen) atoms. The van der Waals surface area contributed by atoms with Gasteiger partial charge in [-0.05, 0) is 72.9 Å². The Hall–Kier alpha value is -2.82. The van der Waals surface area contributed by atoms with Crippen LogP contribution in [0.1, 0.15) is 42.2 Å². The lowest BCUT2D eigenvalue weighted by Gasteiger charge is -2.28. The standard InChI is InChI=1S/C28H33Cl2N3O5S/c1-28(2,32-17-26(35)21-7-8-25(34)24(13-21)33-39(3,37)38)15-19-6-4-5-18(9-19)12-27(36)31-16-20-10-22(29)14-23(30)11-20/h4-11,13-14,26,32-35H,12,15-17H2,1-3H3,(H,31,36)/t26-/m0/s1. The molecule has 3 aromatic carbocycles. The fourth-order valence-corrected chi connectivity index (χ4v) is 5.25. The quantitative estimate of drug-likeness (QED) is 0.196. The number of sulfonamides is 1. The van der Waals surface area contributed by atoms with Crippen molar-refractivity contribution in [1.82, 2.24) is 10.6 Å². The second kappa shape index (κ2) is 13.0. The first kappa shape index (κ1) is 30.7. The molecule has 3 rings (SSSR count). The number of phenolic OH excluding ortho intramolecular Hbond substituents is 1. The largest absolute Gasteiger partial charge is 0.506 e. The molecule has 11 heteroatoms. The number of nitrogens with one attached hydrogen (secondary N) is 3. The first-order valence-corrected chi connectivity index (χ1v) is 14.9. The smallest absolute Gasteiger partial charge is 0.229 e. The number of aromatic hydroxyl groups is 1. The number of phenols is 1. The first-order chi connectivity index (χ1) is 18.2. The summed E-state index contributed by atoms with van der Waals surface area (Å²) < 4.78 is 25.3. The molecule has 5 N–H and O–H groups in total. The maximum Gasteiger partial charge on any atom is 0.229 e. The summed E-state index contributed by atoms with van der Waals surface area (Å²) in [5.74, 6) is -0.352. The fraction of sp³-hybridized carbons (Fsp3) is 0.321. The van der Waals surface area contributed by atoms with Crippen molar-refractivity contribution in [3.63, 3.8) is 0 Å². The van der Waals surface area contributed by atoms with E-state index < -0.39 is 21.7 Å². The van der Waals surface area contributed by atoms with Gasteiger partial charge in [-0.1, -0.05) is 53.5 Å². The molecule has 8 nitrogen and oxygen atoms in total. The van der Waals surface area contributed by atoms with Crippen LogP contribution in [0.15, 0.2) is 60.7 Å². The highest BCUT2D eigenvalue weighted by Gasteiger charge is 2.21. The number of halogens is 2. The zero-order valence-corrected chi connectivity index (χ0v) is 24.3. The van der Waals surface area contributed by atoms with Gasteiger partial charge in [0, 0.05) is 28.7 Å². The molecule has 3 aromatic rings. The molecule has 0 heterocycles. The lowest BCUT2D eigenvalue weighted by atomic mass is 9.93. The summed E-state index contributed by atoms with van der Waals surface area (Å²) in [6.07, 6.45) is 0.902. The van der Waals surface area contributed by atoms with Crippen LogP contribution in [0.4, 0.5) is 5.69 Å². The number of amides is 1. The van der Waals surface area contributed by atoms with Gasteiger partial charge in [0.1, 0.15) is 5.75 Å². The summed E-state index contributed by atoms with van der Waals surface area (Å²) in [5, 5.41) is 27.9. The van der Waals surface area contributed by atoms with Gasteiger partial charge in [-0.2, -0.15) is 0 Å². The number of carbonyl (C=O) groups excluding carboxylic acids is 1. The van der Waals surface area contributed by atoms with Crippen LogP contribution >= 0.6 is 23.2 Å². The summed E-state index contributed by atoms with van der Waals surface area (Å²) >= 11 is 12.0. The van der Waals surface area contributed by atoms with Crippen LogP contribution in [0.5, 0.6) is 5.75 Å². The summed E-state index contributed by atoms with van der Waals surface area (Å²) in [5.41, 5.74) is 2.78. The number of benzene rings is 3. The minimum absolute atomic E-state index is 0.00512. The van der Waals surface area contributed by atoms with Gasteiger partial charge in [0.25, 0.3) is 0 Å². The second-order valence-corrected chi connectivity index (χ2v) is 12.8. The van der Waals surface area contributed by atoms with Gasteiger partial charge in [0.2, 0.25) is 15.9 Å². The van der Waals surface area contributed by atoms with Gasteiger partial charge in [-0.3, -0.25) is 9.52 Å². The summed E-state index contributed by atoms with van der Waals surface area (Å²) in [6.45, 7) is 4.53. The van der Waals surface area contributed by atoms with Gasteiger partial charge in [-0.15, -0.1) is 0 Å². The zero-order valence-electron chi connectivity index (χ0n) is 22.0. The molecule has 0 unspecified atom stereocenters. The third-order valence-corrected chi connectivity index (χ3v) is 6.92. The minimum Gasteiger partial charge on any atom is -0.506 e. The number of hydrogen-bond donors (Lipinski definition) is 5. The maximum atomic E-state index is 12.5. The predicted octanol–water partition coefficient (Wildman–Crippen LogP) is 4.57. The SMILES string of the molecule is CC(C)(Cc1cccc(CC(=O)NCc2cc(Cl)cc(Cl)c2)c1)NC[C@H](O)c1ccc(O)c(NS(C)(=O)=O)c1. The van der Waals surface area contributed by atoms with E-state index in [1.807, 2.05) is 38.1 Å². The van der Waals surface area contributed by atoms with Crippen molar-refractivity contribution in [3.05, 3.63) is 93.0 Å². The highest BCUT2D eigenvalue weighted by Crippen LogP contribution is 2.28. The topological polar surface area (TPSA) is 128 Å². The Labute approximate surface area is 239 Å². The summed E-state index contributed by atoms with van der Waals surface area (Å²) in [4.78, 5) is 12.5. The zero-order chi connectivity index (χ0) is 28.8. The second-order valence-electron chi connectivity index (χ2n) is 10.2. The molecular formula is C28H33Cl2N3O5S. The van der Waals surface area contributed by atoms with Crippen molar-refractivity contribution in [2.45, 2.75) is 44.9 Å². The van der Waals surface area contributed by atoms with Crippen molar-refractivity contribution < 1.29 is 23.4 Å². The van der Waals surface area contributed by atoms with Crippen molar-refractivity contribution in [3.8, 4) is 5.75 Å². The molecule has 0 aliphatic heterocycles. The van der Waals surface area contributed by atoms with E-state index in [9.17, 15) is 23.4 Å². The van der Waals surface area contributed by atoms with E-state index in [-0.39, 0.29) is 30.3 Å². The Bertz CT molecular complexity index is 1410. The van der Waals surface area contributed by atoms with Gasteiger partial charge in [0.05, 0.1) is 24.5 Å². The Kier molecular flexibility index (Phi) is 10.3. The lowest BCUT2D eigenvalue weighted by Crippen LogP contribution is -2.43. The monoisotopic (exact) mass is 593 g/mol. The third-order valence-electron chi connectivity index (χ3n) is 5.89. The molecule has 1 atom stereocenters. The Morgan fingerprint density at radius 2 is 1.64 bits per heavy atom. The van der Waals surface area contributed by atoms with Gasteiger partial charge in [-0.25, -0.2) is 8.42 Å². The average Bonchev–Trinajstić information content (AvgIpc) is 2.81. The first-order valence-electron chi connectivity index (χ1n) is 12.2. The Morgan fingerprint density at radius 1 is 0.974 bits per heavy atom. The van der Waals surface area contributed by atoms with Gasteiger partial charge < -0.3 is 20.8 Å². The van der Waals surface area contributed by atoms with Crippen molar-refractivity contribution >= 4 is 44.8 Å². The van der Waals surface area contributed by atoms with Gasteiger partial charge >= 0.3 is 0 Å². The minimum atomic E-state index is -3.58. The molecule has 0 saturated carbocycles. The normalized spacial score (nSPS) is 12.7. The van der Waals surface area contributed by atoms with E-state index in [1.54, 1.807) is 18.2 Å². The van der Waals surface area contributed by atoms with Crippen LogP contribution in [0, 0.1) is 0 Å². The number of β-amino-alcohol motifs (C(OH)–C–C–N with tert-alkyl or cyclic N) is 1. The number of hydrogen-bond acceptors (Lipinski definition) is 6. The molecule has 0 spiro atoms. The van der Waals surface area contributed by atoms with Crippen LogP contribution in [-0.4, -0.2) is 42.9 Å². The Morgan fingerprint density at radius 3 is 2.31 bits per heavy atom. The summed E-state index contributed by atoms with van der Waals surface area (Å²) in [6, 6.07) is 17.2. The molecule has 0 radical (unpaired) electrons. The van der Waals surface area contributed by atoms with E-state index in [0.29, 0.717) is 28.6 Å². The molecule has 0 aromatic heterocycles. The van der Waals surface area contributed by atoms with E-state index >= 15 is 0 Å². The van der Waals surface area contributed by atoms with Crippen LogP contribution in [0.25, 0.3) is 0 Å². The van der Waals surface area contributed by atoms with E-state index in [4.69, 9.17) is 23.2 Å². The van der Waals surface area contributed by atoms with E-state index in [2.05, 4.69) is 15.4 Å². The molecule has 0 aliphatic rings. The van der Waals surface area contributed by atoms with E-state index in [1.165, 1.54) is 18.2 Å². The number of aliphatic hydroxyl groups is 1. The average molecular weight is 595 g/mol. The molecule has 0 bridgehead atoms. The van der Waals surface area contributed by atoms with Crippen LogP contribution in [-0.2, 0) is 34.2 Å². The molecular weight excluding hydrogens is 561 g/mol. The summed E-state index contributed by atoms with van der Waals surface area (Å²) in [7, 11) is -3.58. The number of rotatable bonds is 12. The molecule has 1 amide bonds. The molecule has 0 aliphatic carbocycles. The Balaban J connectivity index is 1.55. The third kappa shape index (κ3) is 10.3. The van der Waals surface area contributed by atoms with E-state index in [0.717, 1.165) is 22.9 Å².